The van der Waals surface area contributed by atoms with Gasteiger partial charge in [-0.2, -0.15) is 0 Å². The number of hydrogen-bond acceptors (Lipinski definition) is 5. The molecule has 3 amide bonds. The zero-order valence-corrected chi connectivity index (χ0v) is 16.9. The standard InChI is InChI=1S/C18H33N3O5/c1-7-8-11-26-18(24)20-9-10-21(14(4)12-20)17(23)19(5)15(13(2)3)16(22)25-6/h13-15H,7-12H2,1-6H3/t14-,15+/m1/s1. The van der Waals surface area contributed by atoms with Crippen molar-refractivity contribution < 1.29 is 23.9 Å². The average molecular weight is 371 g/mol. The zero-order chi connectivity index (χ0) is 19.9. The number of likely N-dealkylation sites (N-methyl/N-ethyl adjacent to an activating group) is 1. The first kappa shape index (κ1) is 22.1. The van der Waals surface area contributed by atoms with Crippen molar-refractivity contribution in [3.8, 4) is 0 Å². The van der Waals surface area contributed by atoms with Gasteiger partial charge >= 0.3 is 18.1 Å². The summed E-state index contributed by atoms with van der Waals surface area (Å²) < 4.78 is 10.1. The molecule has 1 rings (SSSR count). The number of hydrogen-bond donors (Lipinski definition) is 0. The Kier molecular flexibility index (Phi) is 8.68. The third-order valence-electron chi connectivity index (χ3n) is 4.65. The minimum atomic E-state index is -0.642. The number of unbranched alkanes of at least 4 members (excludes halogenated alkanes) is 1. The van der Waals surface area contributed by atoms with Crippen molar-refractivity contribution in [1.82, 2.24) is 14.7 Å². The molecule has 0 aliphatic carbocycles. The van der Waals surface area contributed by atoms with E-state index in [9.17, 15) is 14.4 Å². The van der Waals surface area contributed by atoms with Gasteiger partial charge in [0, 0.05) is 32.7 Å². The SMILES string of the molecule is CCCCOC(=O)N1CCN(C(=O)N(C)[C@H](C(=O)OC)C(C)C)[C@H](C)C1. The van der Waals surface area contributed by atoms with Crippen molar-refractivity contribution in [3.63, 3.8) is 0 Å². The van der Waals surface area contributed by atoms with Crippen LogP contribution in [0.3, 0.4) is 0 Å². The van der Waals surface area contributed by atoms with Gasteiger partial charge in [-0.25, -0.2) is 14.4 Å². The molecule has 0 unspecified atom stereocenters. The summed E-state index contributed by atoms with van der Waals surface area (Å²) in [5.74, 6) is -0.497. The molecule has 1 saturated heterocycles. The third kappa shape index (κ3) is 5.51. The van der Waals surface area contributed by atoms with Gasteiger partial charge in [0.25, 0.3) is 0 Å². The second kappa shape index (κ2) is 10.2. The van der Waals surface area contributed by atoms with E-state index in [1.54, 1.807) is 16.8 Å². The van der Waals surface area contributed by atoms with Crippen molar-refractivity contribution in [3.05, 3.63) is 0 Å². The molecule has 2 atom stereocenters. The number of nitrogens with zero attached hydrogens (tertiary/aromatic N) is 3. The lowest BCUT2D eigenvalue weighted by Crippen LogP contribution is -2.60. The quantitative estimate of drug-likeness (QED) is 0.528. The number of urea groups is 1. The summed E-state index contributed by atoms with van der Waals surface area (Å²) in [6, 6.07) is -1.04. The van der Waals surface area contributed by atoms with Gasteiger partial charge in [0.05, 0.1) is 13.7 Å². The Balaban J connectivity index is 2.69. The van der Waals surface area contributed by atoms with Crippen LogP contribution in [0.25, 0.3) is 0 Å². The van der Waals surface area contributed by atoms with Gasteiger partial charge in [0.15, 0.2) is 0 Å². The lowest BCUT2D eigenvalue weighted by molar-refractivity contribution is -0.147. The Morgan fingerprint density at radius 3 is 2.38 bits per heavy atom. The maximum absolute atomic E-state index is 12.9. The topological polar surface area (TPSA) is 79.4 Å². The van der Waals surface area contributed by atoms with Crippen LogP contribution in [0.1, 0.15) is 40.5 Å². The zero-order valence-electron chi connectivity index (χ0n) is 16.9. The summed E-state index contributed by atoms with van der Waals surface area (Å²) in [6.45, 7) is 9.32. The number of ether oxygens (including phenoxy) is 2. The second-order valence-electron chi connectivity index (χ2n) is 7.06. The number of methoxy groups -OCH3 is 1. The maximum Gasteiger partial charge on any atom is 0.409 e. The highest BCUT2D eigenvalue weighted by Crippen LogP contribution is 2.17. The lowest BCUT2D eigenvalue weighted by Gasteiger charge is -2.42. The fourth-order valence-corrected chi connectivity index (χ4v) is 3.12. The normalized spacial score (nSPS) is 18.5. The van der Waals surface area contributed by atoms with Gasteiger partial charge in [-0.3, -0.25) is 0 Å². The summed E-state index contributed by atoms with van der Waals surface area (Å²) >= 11 is 0. The van der Waals surface area contributed by atoms with E-state index < -0.39 is 12.0 Å². The Morgan fingerprint density at radius 2 is 1.88 bits per heavy atom. The minimum absolute atomic E-state index is 0.0680. The molecule has 1 heterocycles. The molecule has 8 nitrogen and oxygen atoms in total. The van der Waals surface area contributed by atoms with Crippen LogP contribution in [0, 0.1) is 5.92 Å². The summed E-state index contributed by atoms with van der Waals surface area (Å²) in [5, 5.41) is 0. The molecule has 0 aromatic carbocycles. The molecule has 0 aromatic heterocycles. The molecule has 1 fully saturated rings. The summed E-state index contributed by atoms with van der Waals surface area (Å²) in [5.41, 5.74) is 0. The number of carbonyl (C=O) groups is 3. The maximum atomic E-state index is 12.9. The van der Waals surface area contributed by atoms with Gasteiger partial charge in [0.2, 0.25) is 0 Å². The molecule has 1 aliphatic rings. The Morgan fingerprint density at radius 1 is 1.23 bits per heavy atom. The molecule has 0 saturated carbocycles. The number of rotatable bonds is 6. The van der Waals surface area contributed by atoms with E-state index in [2.05, 4.69) is 0 Å². The van der Waals surface area contributed by atoms with Crippen LogP contribution in [-0.2, 0) is 14.3 Å². The van der Waals surface area contributed by atoms with Crippen molar-refractivity contribution in [2.75, 3.05) is 40.4 Å². The molecule has 0 radical (unpaired) electrons. The highest BCUT2D eigenvalue weighted by Gasteiger charge is 2.37. The fourth-order valence-electron chi connectivity index (χ4n) is 3.12. The van der Waals surface area contributed by atoms with E-state index in [0.717, 1.165) is 12.8 Å². The Labute approximate surface area is 156 Å². The van der Waals surface area contributed by atoms with Gasteiger partial charge in [-0.1, -0.05) is 27.2 Å². The Bertz CT molecular complexity index is 497. The van der Waals surface area contributed by atoms with E-state index in [0.29, 0.717) is 26.2 Å². The molecular formula is C18H33N3O5. The molecule has 8 heteroatoms. The second-order valence-corrected chi connectivity index (χ2v) is 7.06. The van der Waals surface area contributed by atoms with E-state index >= 15 is 0 Å². The van der Waals surface area contributed by atoms with Crippen molar-refractivity contribution in [2.24, 2.45) is 5.92 Å². The Hall–Kier alpha value is -1.99. The van der Waals surface area contributed by atoms with Crippen LogP contribution in [0.2, 0.25) is 0 Å². The number of esters is 1. The van der Waals surface area contributed by atoms with Crippen LogP contribution in [0.15, 0.2) is 0 Å². The van der Waals surface area contributed by atoms with E-state index in [4.69, 9.17) is 9.47 Å². The lowest BCUT2D eigenvalue weighted by atomic mass is 10.0. The summed E-state index contributed by atoms with van der Waals surface area (Å²) in [6.07, 6.45) is 1.48. The van der Waals surface area contributed by atoms with E-state index in [1.807, 2.05) is 27.7 Å². The van der Waals surface area contributed by atoms with Gasteiger partial charge < -0.3 is 24.2 Å². The summed E-state index contributed by atoms with van der Waals surface area (Å²) in [7, 11) is 2.93. The molecule has 26 heavy (non-hydrogen) atoms. The van der Waals surface area contributed by atoms with Crippen LogP contribution >= 0.6 is 0 Å². The molecule has 0 spiro atoms. The monoisotopic (exact) mass is 371 g/mol. The molecule has 0 bridgehead atoms. The predicted molar refractivity (Wildman–Crippen MR) is 97.8 cm³/mol. The molecule has 0 aromatic rings. The van der Waals surface area contributed by atoms with Crippen LogP contribution in [-0.4, -0.2) is 85.3 Å². The molecule has 1 aliphatic heterocycles. The van der Waals surface area contributed by atoms with E-state index in [-0.39, 0.29) is 24.1 Å². The van der Waals surface area contributed by atoms with Crippen molar-refractivity contribution in [2.45, 2.75) is 52.6 Å². The third-order valence-corrected chi connectivity index (χ3v) is 4.65. The number of amides is 3. The van der Waals surface area contributed by atoms with Crippen LogP contribution in [0.5, 0.6) is 0 Å². The highest BCUT2D eigenvalue weighted by molar-refractivity contribution is 5.84. The van der Waals surface area contributed by atoms with Gasteiger partial charge in [-0.05, 0) is 19.3 Å². The number of piperazine rings is 1. The van der Waals surface area contributed by atoms with Crippen LogP contribution < -0.4 is 0 Å². The van der Waals surface area contributed by atoms with Crippen molar-refractivity contribution >= 4 is 18.1 Å². The van der Waals surface area contributed by atoms with Gasteiger partial charge in [-0.15, -0.1) is 0 Å². The molecule has 0 N–H and O–H groups in total. The highest BCUT2D eigenvalue weighted by atomic mass is 16.6. The first-order valence-corrected chi connectivity index (χ1v) is 9.27. The smallest absolute Gasteiger partial charge is 0.409 e. The fraction of sp³-hybridized carbons (Fsp3) is 0.833. The largest absolute Gasteiger partial charge is 0.467 e. The first-order chi connectivity index (χ1) is 12.2. The molecular weight excluding hydrogens is 338 g/mol. The van der Waals surface area contributed by atoms with Crippen LogP contribution in [0.4, 0.5) is 9.59 Å². The number of carbonyl (C=O) groups excluding carboxylic acids is 3. The first-order valence-electron chi connectivity index (χ1n) is 9.27. The minimum Gasteiger partial charge on any atom is -0.467 e. The molecule has 150 valence electrons. The van der Waals surface area contributed by atoms with Crippen molar-refractivity contribution in [1.29, 1.82) is 0 Å². The summed E-state index contributed by atoms with van der Waals surface area (Å²) in [4.78, 5) is 41.7. The average Bonchev–Trinajstić information content (AvgIpc) is 2.60. The van der Waals surface area contributed by atoms with E-state index in [1.165, 1.54) is 12.0 Å². The van der Waals surface area contributed by atoms with Gasteiger partial charge in [0.1, 0.15) is 6.04 Å². The predicted octanol–water partition coefficient (Wildman–Crippen LogP) is 2.18.